The lowest BCUT2D eigenvalue weighted by Crippen LogP contribution is -2.28. The van der Waals surface area contributed by atoms with E-state index < -0.39 is 12.1 Å². The molecule has 3 aliphatic rings. The Kier molecular flexibility index (Phi) is 5.87. The summed E-state index contributed by atoms with van der Waals surface area (Å²) in [5, 5.41) is 13.2. The van der Waals surface area contributed by atoms with Crippen LogP contribution in [0.4, 0.5) is 16.3 Å². The fraction of sp³-hybridized carbons (Fsp3) is 0.357. The van der Waals surface area contributed by atoms with Gasteiger partial charge in [0.15, 0.2) is 11.5 Å². The van der Waals surface area contributed by atoms with Crippen LogP contribution in [0.3, 0.4) is 0 Å². The average molecular weight is 554 g/mol. The number of pyridine rings is 1. The predicted octanol–water partition coefficient (Wildman–Crippen LogP) is 3.04. The predicted molar refractivity (Wildman–Crippen MR) is 145 cm³/mol. The van der Waals surface area contributed by atoms with Crippen LogP contribution in [0.1, 0.15) is 66.9 Å². The highest BCUT2D eigenvalue weighted by Crippen LogP contribution is 2.46. The maximum absolute atomic E-state index is 12.8. The number of carbonyl (C=O) groups excluding carboxylic acids is 3. The Balaban J connectivity index is 1.07. The molecule has 0 radical (unpaired) electrons. The van der Waals surface area contributed by atoms with E-state index in [0.717, 1.165) is 24.1 Å². The van der Waals surface area contributed by atoms with Gasteiger partial charge in [0.2, 0.25) is 11.8 Å². The minimum Gasteiger partial charge on any atom is -0.483 e. The van der Waals surface area contributed by atoms with Crippen LogP contribution in [0, 0.1) is 12.8 Å². The number of urea groups is 1. The lowest BCUT2D eigenvalue weighted by atomic mass is 10.1. The van der Waals surface area contributed by atoms with Gasteiger partial charge in [-0.25, -0.2) is 19.7 Å². The Hall–Kier alpha value is -4.94. The van der Waals surface area contributed by atoms with Crippen LogP contribution in [0.5, 0.6) is 5.75 Å². The lowest BCUT2D eigenvalue weighted by molar-refractivity contribution is -0.118. The highest BCUT2D eigenvalue weighted by molar-refractivity contribution is 6.13. The van der Waals surface area contributed by atoms with Gasteiger partial charge in [0.1, 0.15) is 24.2 Å². The van der Waals surface area contributed by atoms with E-state index >= 15 is 0 Å². The number of hydrogen-bond acceptors (Lipinski definition) is 9. The number of fused-ring (bicyclic) bond motifs is 1. The van der Waals surface area contributed by atoms with E-state index in [1.165, 1.54) is 11.1 Å². The zero-order valence-electron chi connectivity index (χ0n) is 22.4. The van der Waals surface area contributed by atoms with Gasteiger partial charge in [0.25, 0.3) is 0 Å². The van der Waals surface area contributed by atoms with Gasteiger partial charge in [-0.3, -0.25) is 19.8 Å². The molecule has 7 rings (SSSR count). The molecule has 13 nitrogen and oxygen atoms in total. The van der Waals surface area contributed by atoms with Crippen molar-refractivity contribution in [3.05, 3.63) is 65.8 Å². The number of aryl methyl sites for hydroxylation is 1. The molecule has 3 fully saturated rings. The Bertz CT molecular complexity index is 1720. The molecule has 3 atom stereocenters. The van der Waals surface area contributed by atoms with E-state index in [1.807, 2.05) is 42.8 Å². The Morgan fingerprint density at radius 2 is 2.05 bits per heavy atom. The molecule has 0 spiro atoms. The van der Waals surface area contributed by atoms with Crippen LogP contribution in [0.25, 0.3) is 5.65 Å². The molecule has 1 unspecified atom stereocenters. The molecule has 0 bridgehead atoms. The molecule has 41 heavy (non-hydrogen) atoms. The minimum absolute atomic E-state index is 0.00700. The average Bonchev–Trinajstić information content (AvgIpc) is 3.86. The van der Waals surface area contributed by atoms with Gasteiger partial charge in [0, 0.05) is 42.2 Å². The number of anilines is 2. The highest BCUT2D eigenvalue weighted by Gasteiger charge is 2.46. The molecule has 13 heteroatoms. The van der Waals surface area contributed by atoms with Crippen molar-refractivity contribution in [1.29, 1.82) is 0 Å². The lowest BCUT2D eigenvalue weighted by Gasteiger charge is -2.16. The van der Waals surface area contributed by atoms with Crippen LogP contribution in [0.15, 0.2) is 43.0 Å². The van der Waals surface area contributed by atoms with Gasteiger partial charge in [-0.15, -0.1) is 5.10 Å². The summed E-state index contributed by atoms with van der Waals surface area (Å²) in [5.74, 6) is 1.08. The topological polar surface area (TPSA) is 157 Å². The standard InChI is InChI=1S/C28H27N9O4/c1-14-5-6-29-25(31-14)19-9-20(19)27(39)33-23-8-18(10-30-35-23)41-15(2)21-12-36-11-17(16-3-4-16)7-22(26(36)32-21)37-13-24(38)34-28(37)40/h5-8,10-12,15-16,19-20H,3-4,9,13H2,1-2H3,(H,33,35,39)(H,34,38,40)/t15?,19-,20-/m0/s1. The first kappa shape index (κ1) is 25.1. The first-order chi connectivity index (χ1) is 19.8. The van der Waals surface area contributed by atoms with Crippen molar-refractivity contribution in [2.45, 2.75) is 51.0 Å². The fourth-order valence-corrected chi connectivity index (χ4v) is 5.17. The van der Waals surface area contributed by atoms with E-state index in [0.29, 0.717) is 40.9 Å². The minimum atomic E-state index is -0.486. The van der Waals surface area contributed by atoms with Crippen LogP contribution in [-0.4, -0.2) is 53.9 Å². The third kappa shape index (κ3) is 4.94. The van der Waals surface area contributed by atoms with Crippen LogP contribution in [-0.2, 0) is 9.59 Å². The number of nitrogens with one attached hydrogen (secondary N) is 2. The van der Waals surface area contributed by atoms with E-state index in [4.69, 9.17) is 9.72 Å². The number of ether oxygens (including phenoxy) is 1. The molecule has 5 heterocycles. The van der Waals surface area contributed by atoms with Crippen molar-refractivity contribution in [3.8, 4) is 5.75 Å². The second-order valence-electron chi connectivity index (χ2n) is 10.8. The quantitative estimate of drug-likeness (QED) is 0.313. The SMILES string of the molecule is Cc1ccnc([C@H]2C[C@@H]2C(=O)Nc2cc(OC(C)c3cn4cc(C5CC5)cc(N5CC(=O)NC5=O)c4n3)cnn2)n1. The summed E-state index contributed by atoms with van der Waals surface area (Å²) in [6.07, 6.45) is 9.44. The van der Waals surface area contributed by atoms with Gasteiger partial charge >= 0.3 is 6.03 Å². The number of amides is 4. The summed E-state index contributed by atoms with van der Waals surface area (Å²) in [5.41, 5.74) is 3.74. The summed E-state index contributed by atoms with van der Waals surface area (Å²) >= 11 is 0. The summed E-state index contributed by atoms with van der Waals surface area (Å²) in [7, 11) is 0. The number of rotatable bonds is 8. The maximum atomic E-state index is 12.8. The Morgan fingerprint density at radius 1 is 1.20 bits per heavy atom. The summed E-state index contributed by atoms with van der Waals surface area (Å²) in [4.78, 5) is 52.1. The number of carbonyl (C=O) groups is 3. The molecular formula is C28H27N9O4. The van der Waals surface area contributed by atoms with Crippen LogP contribution in [0.2, 0.25) is 0 Å². The van der Waals surface area contributed by atoms with Gasteiger partial charge in [0.05, 0.1) is 17.6 Å². The molecule has 1 aliphatic heterocycles. The van der Waals surface area contributed by atoms with Crippen LogP contribution >= 0.6 is 0 Å². The molecule has 4 aromatic rings. The molecular weight excluding hydrogens is 526 g/mol. The van der Waals surface area contributed by atoms with Crippen molar-refractivity contribution in [1.82, 2.24) is 34.9 Å². The zero-order chi connectivity index (χ0) is 28.2. The maximum Gasteiger partial charge on any atom is 0.329 e. The molecule has 4 aromatic heterocycles. The van der Waals surface area contributed by atoms with Gasteiger partial charge in [-0.2, -0.15) is 5.10 Å². The number of hydrogen-bond donors (Lipinski definition) is 2. The van der Waals surface area contributed by atoms with Gasteiger partial charge in [-0.1, -0.05) is 0 Å². The van der Waals surface area contributed by atoms with Crippen molar-refractivity contribution in [2.75, 3.05) is 16.8 Å². The first-order valence-electron chi connectivity index (χ1n) is 13.6. The van der Waals surface area contributed by atoms with E-state index in [9.17, 15) is 14.4 Å². The molecule has 4 amide bonds. The fourth-order valence-electron chi connectivity index (χ4n) is 5.17. The van der Waals surface area contributed by atoms with E-state index in [1.54, 1.807) is 12.3 Å². The molecule has 1 saturated heterocycles. The molecule has 2 saturated carbocycles. The molecule has 0 aromatic carbocycles. The van der Waals surface area contributed by atoms with Crippen molar-refractivity contribution in [2.24, 2.45) is 5.92 Å². The monoisotopic (exact) mass is 553 g/mol. The summed E-state index contributed by atoms with van der Waals surface area (Å²) < 4.78 is 8.01. The van der Waals surface area contributed by atoms with Crippen molar-refractivity contribution in [3.63, 3.8) is 0 Å². The summed E-state index contributed by atoms with van der Waals surface area (Å²) in [6, 6.07) is 4.94. The van der Waals surface area contributed by atoms with Crippen molar-refractivity contribution >= 4 is 35.0 Å². The number of aromatic nitrogens is 6. The van der Waals surface area contributed by atoms with E-state index in [2.05, 4.69) is 30.8 Å². The zero-order valence-corrected chi connectivity index (χ0v) is 22.4. The third-order valence-corrected chi connectivity index (χ3v) is 7.59. The van der Waals surface area contributed by atoms with Gasteiger partial charge in [-0.05, 0) is 56.7 Å². The second kappa shape index (κ2) is 9.61. The summed E-state index contributed by atoms with van der Waals surface area (Å²) in [6.45, 7) is 3.70. The second-order valence-corrected chi connectivity index (χ2v) is 10.8. The Morgan fingerprint density at radius 3 is 2.80 bits per heavy atom. The number of imide groups is 1. The molecule has 2 N–H and O–H groups in total. The Labute approximate surface area is 234 Å². The van der Waals surface area contributed by atoms with Crippen LogP contribution < -0.4 is 20.3 Å². The number of imidazole rings is 1. The highest BCUT2D eigenvalue weighted by atomic mass is 16.5. The molecule has 208 valence electrons. The smallest absolute Gasteiger partial charge is 0.329 e. The normalized spacial score (nSPS) is 20.7. The third-order valence-electron chi connectivity index (χ3n) is 7.59. The van der Waals surface area contributed by atoms with Gasteiger partial charge < -0.3 is 14.5 Å². The number of nitrogens with zero attached hydrogens (tertiary/aromatic N) is 7. The molecule has 2 aliphatic carbocycles. The van der Waals surface area contributed by atoms with Crippen molar-refractivity contribution < 1.29 is 19.1 Å². The van der Waals surface area contributed by atoms with E-state index in [-0.39, 0.29) is 36.0 Å². The largest absolute Gasteiger partial charge is 0.483 e. The first-order valence-corrected chi connectivity index (χ1v) is 13.6.